The number of amides is 1. The van der Waals surface area contributed by atoms with Crippen molar-refractivity contribution in [2.24, 2.45) is 5.92 Å². The Labute approximate surface area is 118 Å². The van der Waals surface area contributed by atoms with E-state index in [2.05, 4.69) is 5.32 Å². The quantitative estimate of drug-likeness (QED) is 0.650. The third kappa shape index (κ3) is 3.29. The molecule has 20 heavy (non-hydrogen) atoms. The number of rotatable bonds is 3. The number of nitrogens with two attached hydrogens (primary N) is 1. The summed E-state index contributed by atoms with van der Waals surface area (Å²) in [7, 11) is 1.41. The fourth-order valence-electron chi connectivity index (χ4n) is 2.61. The Balaban J connectivity index is 1.88. The summed E-state index contributed by atoms with van der Waals surface area (Å²) in [5.74, 6) is -0.332. The van der Waals surface area contributed by atoms with Gasteiger partial charge >= 0.3 is 5.97 Å². The van der Waals surface area contributed by atoms with Crippen LogP contribution < -0.4 is 11.1 Å². The molecule has 5 nitrogen and oxygen atoms in total. The highest BCUT2D eigenvalue weighted by Crippen LogP contribution is 2.25. The normalized spacial score (nSPS) is 22.1. The first-order valence-corrected chi connectivity index (χ1v) is 6.85. The molecule has 2 rings (SSSR count). The van der Waals surface area contributed by atoms with E-state index in [1.165, 1.54) is 7.11 Å². The molecule has 0 aliphatic heterocycles. The predicted molar refractivity (Wildman–Crippen MR) is 76.1 cm³/mol. The van der Waals surface area contributed by atoms with Gasteiger partial charge in [-0.25, -0.2) is 0 Å². The van der Waals surface area contributed by atoms with Crippen molar-refractivity contribution >= 4 is 17.6 Å². The smallest absolute Gasteiger partial charge is 0.308 e. The third-order valence-corrected chi connectivity index (χ3v) is 3.80. The second-order valence-corrected chi connectivity index (χ2v) is 5.13. The Hall–Kier alpha value is -2.04. The third-order valence-electron chi connectivity index (χ3n) is 3.80. The van der Waals surface area contributed by atoms with Crippen molar-refractivity contribution in [1.82, 2.24) is 5.32 Å². The van der Waals surface area contributed by atoms with Gasteiger partial charge in [-0.3, -0.25) is 9.59 Å². The highest BCUT2D eigenvalue weighted by atomic mass is 16.5. The molecule has 0 spiro atoms. The minimum Gasteiger partial charge on any atom is -0.469 e. The first-order valence-electron chi connectivity index (χ1n) is 6.85. The van der Waals surface area contributed by atoms with Gasteiger partial charge in [-0.05, 0) is 37.8 Å². The largest absolute Gasteiger partial charge is 0.469 e. The molecule has 0 radical (unpaired) electrons. The second kappa shape index (κ2) is 6.41. The van der Waals surface area contributed by atoms with Gasteiger partial charge in [-0.2, -0.15) is 0 Å². The summed E-state index contributed by atoms with van der Waals surface area (Å²) in [6.07, 6.45) is 3.08. The number of nitrogens with one attached hydrogen (secondary N) is 1. The van der Waals surface area contributed by atoms with Crippen molar-refractivity contribution in [2.45, 2.75) is 31.7 Å². The summed E-state index contributed by atoms with van der Waals surface area (Å²) in [6.45, 7) is 0. The van der Waals surface area contributed by atoms with Crippen LogP contribution in [0.5, 0.6) is 0 Å². The molecule has 1 aliphatic carbocycles. The Morgan fingerprint density at radius 1 is 1.20 bits per heavy atom. The van der Waals surface area contributed by atoms with Crippen molar-refractivity contribution in [3.8, 4) is 0 Å². The average Bonchev–Trinajstić information content (AvgIpc) is 2.47. The molecule has 1 fully saturated rings. The van der Waals surface area contributed by atoms with Crippen LogP contribution in [0, 0.1) is 5.92 Å². The molecule has 1 saturated carbocycles. The number of hydrogen-bond acceptors (Lipinski definition) is 4. The van der Waals surface area contributed by atoms with Crippen LogP contribution in [0.3, 0.4) is 0 Å². The Bertz CT molecular complexity index is 494. The highest BCUT2D eigenvalue weighted by molar-refractivity contribution is 5.99. The van der Waals surface area contributed by atoms with Crippen LogP contribution in [0.4, 0.5) is 5.69 Å². The maximum atomic E-state index is 12.1. The van der Waals surface area contributed by atoms with E-state index in [0.29, 0.717) is 11.3 Å². The van der Waals surface area contributed by atoms with Gasteiger partial charge in [-0.1, -0.05) is 12.1 Å². The maximum absolute atomic E-state index is 12.1. The molecule has 1 aliphatic rings. The Morgan fingerprint density at radius 3 is 2.45 bits per heavy atom. The second-order valence-electron chi connectivity index (χ2n) is 5.13. The highest BCUT2D eigenvalue weighted by Gasteiger charge is 2.27. The van der Waals surface area contributed by atoms with Gasteiger partial charge in [0.25, 0.3) is 5.91 Å². The topological polar surface area (TPSA) is 81.4 Å². The SMILES string of the molecule is COC(=O)[C@H]1CC[C@@H](NC(=O)c2ccccc2N)CC1. The lowest BCUT2D eigenvalue weighted by Crippen LogP contribution is -2.39. The molecule has 0 unspecified atom stereocenters. The molecular formula is C15H20N2O3. The van der Waals surface area contributed by atoms with Crippen molar-refractivity contribution < 1.29 is 14.3 Å². The van der Waals surface area contributed by atoms with Crippen LogP contribution >= 0.6 is 0 Å². The van der Waals surface area contributed by atoms with E-state index in [4.69, 9.17) is 10.5 Å². The zero-order valence-electron chi connectivity index (χ0n) is 11.6. The van der Waals surface area contributed by atoms with Crippen molar-refractivity contribution in [1.29, 1.82) is 0 Å². The lowest BCUT2D eigenvalue weighted by atomic mass is 9.86. The van der Waals surface area contributed by atoms with Crippen LogP contribution in [0.2, 0.25) is 0 Å². The molecule has 1 amide bonds. The maximum Gasteiger partial charge on any atom is 0.308 e. The number of esters is 1. The van der Waals surface area contributed by atoms with E-state index in [0.717, 1.165) is 25.7 Å². The molecule has 1 aromatic carbocycles. The van der Waals surface area contributed by atoms with Gasteiger partial charge < -0.3 is 15.8 Å². The number of methoxy groups -OCH3 is 1. The monoisotopic (exact) mass is 276 g/mol. The summed E-state index contributed by atoms with van der Waals surface area (Å²) in [4.78, 5) is 23.6. The number of para-hydroxylation sites is 1. The first-order chi connectivity index (χ1) is 9.61. The van der Waals surface area contributed by atoms with E-state index in [9.17, 15) is 9.59 Å². The zero-order valence-corrected chi connectivity index (χ0v) is 11.6. The summed E-state index contributed by atoms with van der Waals surface area (Å²) < 4.78 is 4.75. The van der Waals surface area contributed by atoms with Crippen LogP contribution in [0.15, 0.2) is 24.3 Å². The summed E-state index contributed by atoms with van der Waals surface area (Å²) >= 11 is 0. The number of nitrogen functional groups attached to an aromatic ring is 1. The van der Waals surface area contributed by atoms with Crippen LogP contribution in [0.1, 0.15) is 36.0 Å². The molecule has 5 heteroatoms. The van der Waals surface area contributed by atoms with Crippen LogP contribution in [0.25, 0.3) is 0 Å². The number of ether oxygens (including phenoxy) is 1. The van der Waals surface area contributed by atoms with Gasteiger partial charge in [-0.15, -0.1) is 0 Å². The molecule has 0 saturated heterocycles. The van der Waals surface area contributed by atoms with Gasteiger partial charge in [0.1, 0.15) is 0 Å². The van der Waals surface area contributed by atoms with Crippen LogP contribution in [-0.4, -0.2) is 25.0 Å². The molecule has 3 N–H and O–H groups in total. The van der Waals surface area contributed by atoms with E-state index < -0.39 is 0 Å². The zero-order chi connectivity index (χ0) is 14.5. The summed E-state index contributed by atoms with van der Waals surface area (Å²) in [6, 6.07) is 7.11. The molecule has 0 aromatic heterocycles. The van der Waals surface area contributed by atoms with E-state index in [1.807, 2.05) is 0 Å². The van der Waals surface area contributed by atoms with Gasteiger partial charge in [0, 0.05) is 11.7 Å². The molecular weight excluding hydrogens is 256 g/mol. The lowest BCUT2D eigenvalue weighted by molar-refractivity contribution is -0.146. The molecule has 108 valence electrons. The summed E-state index contributed by atoms with van der Waals surface area (Å²) in [5, 5.41) is 2.98. The minimum atomic E-state index is -0.151. The van der Waals surface area contributed by atoms with Crippen LogP contribution in [-0.2, 0) is 9.53 Å². The number of carbonyl (C=O) groups is 2. The number of carbonyl (C=O) groups excluding carboxylic acids is 2. The fourth-order valence-corrected chi connectivity index (χ4v) is 2.61. The Kier molecular flexibility index (Phi) is 4.61. The number of benzene rings is 1. The average molecular weight is 276 g/mol. The van der Waals surface area contributed by atoms with Crippen molar-refractivity contribution in [3.05, 3.63) is 29.8 Å². The van der Waals surface area contributed by atoms with Crippen molar-refractivity contribution in [3.63, 3.8) is 0 Å². The summed E-state index contributed by atoms with van der Waals surface area (Å²) in [5.41, 5.74) is 6.77. The van der Waals surface area contributed by atoms with Gasteiger partial charge in [0.05, 0.1) is 18.6 Å². The molecule has 0 bridgehead atoms. The van der Waals surface area contributed by atoms with E-state index in [1.54, 1.807) is 24.3 Å². The van der Waals surface area contributed by atoms with E-state index in [-0.39, 0.29) is 23.8 Å². The van der Waals surface area contributed by atoms with Gasteiger partial charge in [0.15, 0.2) is 0 Å². The first kappa shape index (κ1) is 14.4. The van der Waals surface area contributed by atoms with Crippen molar-refractivity contribution in [2.75, 3.05) is 12.8 Å². The number of hydrogen-bond donors (Lipinski definition) is 2. The number of anilines is 1. The molecule has 1 aromatic rings. The lowest BCUT2D eigenvalue weighted by Gasteiger charge is -2.27. The minimum absolute atomic E-state index is 0.0325. The molecule has 0 heterocycles. The fraction of sp³-hybridized carbons (Fsp3) is 0.467. The van der Waals surface area contributed by atoms with Gasteiger partial charge in [0.2, 0.25) is 0 Å². The molecule has 0 atom stereocenters. The van der Waals surface area contributed by atoms with E-state index >= 15 is 0 Å². The Morgan fingerprint density at radius 2 is 1.85 bits per heavy atom. The standard InChI is InChI=1S/C15H20N2O3/c1-20-15(19)10-6-8-11(9-7-10)17-14(18)12-4-2-3-5-13(12)16/h2-5,10-11H,6-9,16H2,1H3,(H,17,18)/t10-,11+. The predicted octanol–water partition coefficient (Wildman–Crippen LogP) is 1.73.